The molecule has 1 unspecified atom stereocenters. The Balaban J connectivity index is 1.78. The van der Waals surface area contributed by atoms with Crippen molar-refractivity contribution in [3.8, 4) is 11.5 Å². The van der Waals surface area contributed by atoms with Gasteiger partial charge in [0.1, 0.15) is 12.7 Å². The summed E-state index contributed by atoms with van der Waals surface area (Å²) in [6.07, 6.45) is -0.491. The van der Waals surface area contributed by atoms with E-state index in [2.05, 4.69) is 29.2 Å². The molecular formula is C19H33N3O3S. The summed E-state index contributed by atoms with van der Waals surface area (Å²) in [7, 11) is 5.78. The second-order valence-electron chi connectivity index (χ2n) is 6.84. The number of aliphatic hydroxyl groups excluding tert-OH is 1. The quantitative estimate of drug-likeness (QED) is 0.556. The number of methoxy groups -OCH3 is 1. The summed E-state index contributed by atoms with van der Waals surface area (Å²) in [6, 6.07) is 5.95. The Labute approximate surface area is 161 Å². The molecule has 1 saturated heterocycles. The van der Waals surface area contributed by atoms with Crippen molar-refractivity contribution >= 4 is 11.8 Å². The highest BCUT2D eigenvalue weighted by Crippen LogP contribution is 2.28. The largest absolute Gasteiger partial charge is 0.493 e. The Morgan fingerprint density at radius 1 is 1.27 bits per heavy atom. The van der Waals surface area contributed by atoms with Gasteiger partial charge in [0.05, 0.1) is 7.11 Å². The fraction of sp³-hybridized carbons (Fsp3) is 0.684. The Kier molecular flexibility index (Phi) is 9.56. The molecule has 0 spiro atoms. The summed E-state index contributed by atoms with van der Waals surface area (Å²) < 4.78 is 11.3. The number of nitrogens with zero attached hydrogens (tertiary/aromatic N) is 2. The zero-order valence-corrected chi connectivity index (χ0v) is 17.1. The van der Waals surface area contributed by atoms with Crippen molar-refractivity contribution in [1.29, 1.82) is 0 Å². The topological polar surface area (TPSA) is 57.2 Å². The molecule has 1 heterocycles. The average Bonchev–Trinajstić information content (AvgIpc) is 2.64. The van der Waals surface area contributed by atoms with Crippen LogP contribution < -0.4 is 14.8 Å². The number of benzene rings is 1. The number of aliphatic hydroxyl groups is 1. The molecule has 26 heavy (non-hydrogen) atoms. The van der Waals surface area contributed by atoms with Crippen molar-refractivity contribution in [2.45, 2.75) is 12.6 Å². The van der Waals surface area contributed by atoms with E-state index in [-0.39, 0.29) is 6.61 Å². The summed E-state index contributed by atoms with van der Waals surface area (Å²) in [4.78, 5) is 4.45. The van der Waals surface area contributed by atoms with Crippen molar-refractivity contribution in [3.05, 3.63) is 23.8 Å². The SMILES string of the molecule is COc1cc(CNCCN(C)C)ccc1OCC(O)CN1CCSCC1. The van der Waals surface area contributed by atoms with E-state index in [1.807, 2.05) is 30.0 Å². The lowest BCUT2D eigenvalue weighted by Crippen LogP contribution is -2.40. The number of likely N-dealkylation sites (N-methyl/N-ethyl adjacent to an activating group) is 1. The van der Waals surface area contributed by atoms with Gasteiger partial charge in [0, 0.05) is 50.8 Å². The van der Waals surface area contributed by atoms with E-state index < -0.39 is 6.10 Å². The standard InChI is InChI=1S/C19H33N3O3S/c1-21(2)7-6-20-13-16-4-5-18(19(12-16)24-3)25-15-17(23)14-22-8-10-26-11-9-22/h4-5,12,17,20,23H,6-11,13-15H2,1-3H3. The van der Waals surface area contributed by atoms with Crippen LogP contribution in [0.25, 0.3) is 0 Å². The highest BCUT2D eigenvalue weighted by molar-refractivity contribution is 7.99. The number of nitrogens with one attached hydrogen (secondary N) is 1. The van der Waals surface area contributed by atoms with Crippen molar-refractivity contribution in [1.82, 2.24) is 15.1 Å². The molecule has 1 aromatic carbocycles. The zero-order valence-electron chi connectivity index (χ0n) is 16.2. The van der Waals surface area contributed by atoms with Gasteiger partial charge in [-0.15, -0.1) is 0 Å². The van der Waals surface area contributed by atoms with Gasteiger partial charge in [0.15, 0.2) is 11.5 Å². The first-order valence-electron chi connectivity index (χ1n) is 9.22. The van der Waals surface area contributed by atoms with E-state index in [1.54, 1.807) is 7.11 Å². The molecule has 2 rings (SSSR count). The number of β-amino-alcohol motifs (C(OH)–C–C–N with tert-alkyl or cyclic N) is 1. The van der Waals surface area contributed by atoms with Gasteiger partial charge in [-0.05, 0) is 31.8 Å². The maximum Gasteiger partial charge on any atom is 0.161 e. The van der Waals surface area contributed by atoms with Gasteiger partial charge in [-0.2, -0.15) is 11.8 Å². The third-order valence-electron chi connectivity index (χ3n) is 4.30. The lowest BCUT2D eigenvalue weighted by molar-refractivity contribution is 0.0705. The lowest BCUT2D eigenvalue weighted by Gasteiger charge is -2.28. The monoisotopic (exact) mass is 383 g/mol. The van der Waals surface area contributed by atoms with Gasteiger partial charge in [-0.3, -0.25) is 4.90 Å². The van der Waals surface area contributed by atoms with Crippen LogP contribution in [-0.4, -0.2) is 93.1 Å². The van der Waals surface area contributed by atoms with Gasteiger partial charge < -0.3 is 24.8 Å². The molecule has 0 saturated carbocycles. The minimum Gasteiger partial charge on any atom is -0.493 e. The third kappa shape index (κ3) is 7.72. The first-order valence-corrected chi connectivity index (χ1v) is 10.4. The molecule has 1 aliphatic rings. The first-order chi connectivity index (χ1) is 12.6. The molecule has 0 aromatic heterocycles. The van der Waals surface area contributed by atoms with Crippen LogP contribution in [0.4, 0.5) is 0 Å². The minimum absolute atomic E-state index is 0.278. The summed E-state index contributed by atoms with van der Waals surface area (Å²) in [5.41, 5.74) is 1.15. The van der Waals surface area contributed by atoms with E-state index in [9.17, 15) is 5.11 Å². The third-order valence-corrected chi connectivity index (χ3v) is 5.24. The van der Waals surface area contributed by atoms with Gasteiger partial charge in [-0.1, -0.05) is 6.07 Å². The molecule has 7 heteroatoms. The molecule has 1 aliphatic heterocycles. The molecule has 0 radical (unpaired) electrons. The van der Waals surface area contributed by atoms with E-state index in [1.165, 1.54) is 0 Å². The smallest absolute Gasteiger partial charge is 0.161 e. The molecule has 6 nitrogen and oxygen atoms in total. The summed E-state index contributed by atoms with van der Waals surface area (Å²) in [6.45, 7) is 5.76. The van der Waals surface area contributed by atoms with Crippen LogP contribution in [0.1, 0.15) is 5.56 Å². The molecule has 1 fully saturated rings. The maximum absolute atomic E-state index is 10.2. The molecule has 1 atom stereocenters. The molecular weight excluding hydrogens is 350 g/mol. The summed E-state index contributed by atoms with van der Waals surface area (Å²) in [5.74, 6) is 3.67. The van der Waals surface area contributed by atoms with Gasteiger partial charge in [-0.25, -0.2) is 0 Å². The predicted molar refractivity (Wildman–Crippen MR) is 109 cm³/mol. The second-order valence-corrected chi connectivity index (χ2v) is 8.07. The average molecular weight is 384 g/mol. The summed E-state index contributed by atoms with van der Waals surface area (Å²) in [5, 5.41) is 13.7. The molecule has 0 aliphatic carbocycles. The number of rotatable bonds is 11. The van der Waals surface area contributed by atoms with Crippen molar-refractivity contribution < 1.29 is 14.6 Å². The molecule has 2 N–H and O–H groups in total. The highest BCUT2D eigenvalue weighted by Gasteiger charge is 2.16. The highest BCUT2D eigenvalue weighted by atomic mass is 32.2. The molecule has 0 amide bonds. The van der Waals surface area contributed by atoms with E-state index in [4.69, 9.17) is 9.47 Å². The van der Waals surface area contributed by atoms with Gasteiger partial charge >= 0.3 is 0 Å². The normalized spacial score (nSPS) is 16.7. The van der Waals surface area contributed by atoms with Crippen molar-refractivity contribution in [3.63, 3.8) is 0 Å². The zero-order chi connectivity index (χ0) is 18.8. The predicted octanol–water partition coefficient (Wildman–Crippen LogP) is 1.13. The van der Waals surface area contributed by atoms with Crippen molar-refractivity contribution in [2.75, 3.05) is 72.0 Å². The minimum atomic E-state index is -0.491. The number of hydrogen-bond donors (Lipinski definition) is 2. The van der Waals surface area contributed by atoms with Crippen LogP contribution in [0.2, 0.25) is 0 Å². The van der Waals surface area contributed by atoms with Crippen LogP contribution in [0, 0.1) is 0 Å². The van der Waals surface area contributed by atoms with Crippen LogP contribution in [0.5, 0.6) is 11.5 Å². The Morgan fingerprint density at radius 3 is 2.73 bits per heavy atom. The van der Waals surface area contributed by atoms with Crippen LogP contribution in [0.15, 0.2) is 18.2 Å². The Morgan fingerprint density at radius 2 is 2.04 bits per heavy atom. The van der Waals surface area contributed by atoms with E-state index in [0.29, 0.717) is 18.0 Å². The van der Waals surface area contributed by atoms with Gasteiger partial charge in [0.25, 0.3) is 0 Å². The molecule has 148 valence electrons. The maximum atomic E-state index is 10.2. The van der Waals surface area contributed by atoms with Crippen molar-refractivity contribution in [2.24, 2.45) is 0 Å². The second kappa shape index (κ2) is 11.7. The number of ether oxygens (including phenoxy) is 2. The van der Waals surface area contributed by atoms with E-state index >= 15 is 0 Å². The Bertz CT molecular complexity index is 525. The first kappa shape index (κ1) is 21.3. The summed E-state index contributed by atoms with van der Waals surface area (Å²) >= 11 is 1.97. The fourth-order valence-electron chi connectivity index (χ4n) is 2.80. The molecule has 1 aromatic rings. The van der Waals surface area contributed by atoms with Crippen LogP contribution >= 0.6 is 11.8 Å². The lowest BCUT2D eigenvalue weighted by atomic mass is 10.2. The number of hydrogen-bond acceptors (Lipinski definition) is 7. The number of thioether (sulfide) groups is 1. The fourth-order valence-corrected chi connectivity index (χ4v) is 3.78. The van der Waals surface area contributed by atoms with Crippen LogP contribution in [-0.2, 0) is 6.54 Å². The van der Waals surface area contributed by atoms with Crippen LogP contribution in [0.3, 0.4) is 0 Å². The molecule has 0 bridgehead atoms. The Hall–Kier alpha value is -0.990. The van der Waals surface area contributed by atoms with E-state index in [0.717, 1.165) is 49.8 Å². The van der Waals surface area contributed by atoms with Gasteiger partial charge in [0.2, 0.25) is 0 Å².